The highest BCUT2D eigenvalue weighted by Gasteiger charge is 2.14. The van der Waals surface area contributed by atoms with E-state index in [4.69, 9.17) is 21.1 Å². The van der Waals surface area contributed by atoms with Crippen molar-refractivity contribution in [1.29, 1.82) is 0 Å². The summed E-state index contributed by atoms with van der Waals surface area (Å²) in [6, 6.07) is 31.4. The Morgan fingerprint density at radius 3 is 2.43 bits per heavy atom. The van der Waals surface area contributed by atoms with Gasteiger partial charge in [0.1, 0.15) is 12.4 Å². The molecule has 1 aromatic heterocycles. The van der Waals surface area contributed by atoms with Crippen LogP contribution >= 0.6 is 11.6 Å². The molecule has 6 nitrogen and oxygen atoms in total. The number of aromatic nitrogens is 1. The lowest BCUT2D eigenvalue weighted by atomic mass is 10.1. The Labute approximate surface area is 249 Å². The lowest BCUT2D eigenvalue weighted by Gasteiger charge is -2.14. The van der Waals surface area contributed by atoms with Gasteiger partial charge in [-0.15, -0.1) is 0 Å². The Morgan fingerprint density at radius 1 is 0.952 bits per heavy atom. The molecule has 5 rings (SSSR count). The van der Waals surface area contributed by atoms with E-state index in [2.05, 4.69) is 39.4 Å². The van der Waals surface area contributed by atoms with E-state index in [1.165, 1.54) is 12.3 Å². The van der Waals surface area contributed by atoms with Crippen LogP contribution in [0.1, 0.15) is 34.1 Å². The van der Waals surface area contributed by atoms with E-state index in [0.29, 0.717) is 34.8 Å². The molecule has 0 aliphatic heterocycles. The highest BCUT2D eigenvalue weighted by atomic mass is 35.5. The van der Waals surface area contributed by atoms with Crippen LogP contribution < -0.4 is 14.9 Å². The molecular weight excluding hydrogens is 553 g/mol. The molecule has 0 radical (unpaired) electrons. The van der Waals surface area contributed by atoms with Crippen LogP contribution in [0.5, 0.6) is 11.5 Å². The maximum absolute atomic E-state index is 14.0. The fourth-order valence-electron chi connectivity index (χ4n) is 4.54. The molecule has 4 aromatic carbocycles. The minimum Gasteiger partial charge on any atom is -0.490 e. The Bertz CT molecular complexity index is 1720. The average molecular weight is 582 g/mol. The summed E-state index contributed by atoms with van der Waals surface area (Å²) in [4.78, 5) is 12.8. The lowest BCUT2D eigenvalue weighted by molar-refractivity contribution is 0.0955. The molecule has 212 valence electrons. The van der Waals surface area contributed by atoms with Crippen LogP contribution in [0.15, 0.2) is 108 Å². The number of rotatable bonds is 10. The van der Waals surface area contributed by atoms with Crippen LogP contribution in [0, 0.1) is 12.7 Å². The third-order valence-electron chi connectivity index (χ3n) is 6.57. The van der Waals surface area contributed by atoms with Gasteiger partial charge in [-0.2, -0.15) is 5.10 Å². The second-order valence-electron chi connectivity index (χ2n) is 9.45. The maximum Gasteiger partial charge on any atom is 0.271 e. The first-order chi connectivity index (χ1) is 20.4. The van der Waals surface area contributed by atoms with Crippen LogP contribution in [0.2, 0.25) is 5.02 Å². The summed E-state index contributed by atoms with van der Waals surface area (Å²) in [5, 5.41) is 4.37. The van der Waals surface area contributed by atoms with Crippen LogP contribution in [0.3, 0.4) is 0 Å². The summed E-state index contributed by atoms with van der Waals surface area (Å²) >= 11 is 6.48. The summed E-state index contributed by atoms with van der Waals surface area (Å²) in [7, 11) is 0. The van der Waals surface area contributed by atoms with E-state index in [1.807, 2.05) is 44.2 Å². The molecule has 42 heavy (non-hydrogen) atoms. The first-order valence-electron chi connectivity index (χ1n) is 13.4. The maximum atomic E-state index is 14.0. The monoisotopic (exact) mass is 581 g/mol. The fourth-order valence-corrected chi connectivity index (χ4v) is 4.81. The second-order valence-corrected chi connectivity index (χ2v) is 9.86. The number of hydrazone groups is 1. The Balaban J connectivity index is 1.27. The topological polar surface area (TPSA) is 64.8 Å². The summed E-state index contributed by atoms with van der Waals surface area (Å²) < 4.78 is 27.7. The van der Waals surface area contributed by atoms with Crippen molar-refractivity contribution in [2.75, 3.05) is 6.61 Å². The third kappa shape index (κ3) is 6.53. The highest BCUT2D eigenvalue weighted by Crippen LogP contribution is 2.37. The predicted molar refractivity (Wildman–Crippen MR) is 164 cm³/mol. The number of halogens is 2. The molecule has 0 saturated heterocycles. The number of nitrogens with zero attached hydrogens (tertiary/aromatic N) is 2. The predicted octanol–water partition coefficient (Wildman–Crippen LogP) is 7.99. The van der Waals surface area contributed by atoms with Gasteiger partial charge in [-0.1, -0.05) is 60.1 Å². The molecule has 1 amide bonds. The van der Waals surface area contributed by atoms with Gasteiger partial charge in [0.05, 0.1) is 23.5 Å². The molecule has 5 aromatic rings. The number of carbonyl (C=O) groups is 1. The number of amides is 1. The fraction of sp³-hybridized carbons (Fsp3) is 0.118. The van der Waals surface area contributed by atoms with E-state index in [0.717, 1.165) is 22.6 Å². The third-order valence-corrected chi connectivity index (χ3v) is 6.86. The Morgan fingerprint density at radius 2 is 1.69 bits per heavy atom. The van der Waals surface area contributed by atoms with Gasteiger partial charge in [0.2, 0.25) is 0 Å². The van der Waals surface area contributed by atoms with Gasteiger partial charge >= 0.3 is 0 Å². The van der Waals surface area contributed by atoms with Crippen molar-refractivity contribution < 1.29 is 18.7 Å². The smallest absolute Gasteiger partial charge is 0.271 e. The minimum absolute atomic E-state index is 0.00772. The number of ether oxygens (including phenoxy) is 2. The number of nitrogens with one attached hydrogen (secondary N) is 1. The number of hydrogen-bond donors (Lipinski definition) is 1. The van der Waals surface area contributed by atoms with Gasteiger partial charge in [-0.05, 0) is 79.6 Å². The summed E-state index contributed by atoms with van der Waals surface area (Å²) in [6.45, 7) is 4.25. The standard InChI is InChI=1S/C34H29ClFN3O3/c1-3-41-32-20-24(19-29(35)33(32)42-22-27-11-7-8-12-30(27)36)21-37-38-34(40)26-14-16-28(17-15-26)39-23(2)13-18-31(39)25-9-5-4-6-10-25/h4-21H,3,22H2,1-2H3,(H,38,40)/b37-21+. The van der Waals surface area contributed by atoms with E-state index in [9.17, 15) is 9.18 Å². The van der Waals surface area contributed by atoms with Crippen LogP contribution in [0.25, 0.3) is 16.9 Å². The molecule has 0 unspecified atom stereocenters. The van der Waals surface area contributed by atoms with E-state index in [1.54, 1.807) is 42.5 Å². The van der Waals surface area contributed by atoms with Crippen LogP contribution in [-0.2, 0) is 6.61 Å². The van der Waals surface area contributed by atoms with Crippen LogP contribution in [0.4, 0.5) is 4.39 Å². The molecule has 1 N–H and O–H groups in total. The zero-order chi connectivity index (χ0) is 29.5. The number of benzene rings is 4. The normalized spacial score (nSPS) is 11.0. The average Bonchev–Trinajstić information content (AvgIpc) is 3.39. The number of hydrogen-bond acceptors (Lipinski definition) is 4. The zero-order valence-electron chi connectivity index (χ0n) is 23.2. The largest absolute Gasteiger partial charge is 0.490 e. The zero-order valence-corrected chi connectivity index (χ0v) is 23.9. The second kappa shape index (κ2) is 13.2. The highest BCUT2D eigenvalue weighted by molar-refractivity contribution is 6.32. The number of aryl methyl sites for hydroxylation is 1. The summed E-state index contributed by atoms with van der Waals surface area (Å²) in [6.07, 6.45) is 1.47. The summed E-state index contributed by atoms with van der Waals surface area (Å²) in [5.41, 5.74) is 8.23. The van der Waals surface area contributed by atoms with Gasteiger partial charge in [0, 0.05) is 22.5 Å². The molecule has 0 atom stereocenters. The van der Waals surface area contributed by atoms with Gasteiger partial charge in [0.15, 0.2) is 11.5 Å². The first-order valence-corrected chi connectivity index (χ1v) is 13.8. The lowest BCUT2D eigenvalue weighted by Crippen LogP contribution is -2.17. The number of carbonyl (C=O) groups excluding carboxylic acids is 1. The molecule has 0 aliphatic carbocycles. The van der Waals surface area contributed by atoms with Gasteiger partial charge in [-0.25, -0.2) is 9.82 Å². The molecule has 0 aliphatic rings. The molecule has 0 spiro atoms. The first kappa shape index (κ1) is 28.6. The van der Waals surface area contributed by atoms with E-state index < -0.39 is 0 Å². The van der Waals surface area contributed by atoms with Crippen molar-refractivity contribution >= 4 is 23.7 Å². The van der Waals surface area contributed by atoms with Crippen molar-refractivity contribution in [3.8, 4) is 28.4 Å². The molecule has 0 fully saturated rings. The Kier molecular flexibility index (Phi) is 8.99. The quantitative estimate of drug-likeness (QED) is 0.134. The van der Waals surface area contributed by atoms with Crippen LogP contribution in [-0.4, -0.2) is 23.3 Å². The molecule has 1 heterocycles. The van der Waals surface area contributed by atoms with Crippen molar-refractivity contribution in [1.82, 2.24) is 9.99 Å². The van der Waals surface area contributed by atoms with Gasteiger partial charge in [0.25, 0.3) is 5.91 Å². The molecular formula is C34H29ClFN3O3. The van der Waals surface area contributed by atoms with Gasteiger partial charge < -0.3 is 14.0 Å². The summed E-state index contributed by atoms with van der Waals surface area (Å²) in [5.74, 6) is -0.0277. The van der Waals surface area contributed by atoms with E-state index in [-0.39, 0.29) is 23.4 Å². The van der Waals surface area contributed by atoms with Crippen molar-refractivity contribution in [2.45, 2.75) is 20.5 Å². The van der Waals surface area contributed by atoms with Crippen molar-refractivity contribution in [2.24, 2.45) is 5.10 Å². The van der Waals surface area contributed by atoms with E-state index >= 15 is 0 Å². The molecule has 0 saturated carbocycles. The van der Waals surface area contributed by atoms with Crippen molar-refractivity contribution in [3.05, 3.63) is 136 Å². The van der Waals surface area contributed by atoms with Gasteiger partial charge in [-0.3, -0.25) is 4.79 Å². The molecule has 8 heteroatoms. The minimum atomic E-state index is -0.363. The Hall–Kier alpha value is -4.88. The molecule has 0 bridgehead atoms. The SMILES string of the molecule is CCOc1cc(/C=N/NC(=O)c2ccc(-n3c(C)ccc3-c3ccccc3)cc2)cc(Cl)c1OCc1ccccc1F. The van der Waals surface area contributed by atoms with Crippen molar-refractivity contribution in [3.63, 3.8) is 0 Å².